The average molecular weight is 226 g/mol. The van der Waals surface area contributed by atoms with Gasteiger partial charge in [-0.1, -0.05) is 12.5 Å². The second-order valence-corrected chi connectivity index (χ2v) is 5.26. The summed E-state index contributed by atoms with van der Waals surface area (Å²) in [4.78, 5) is 2.54. The highest BCUT2D eigenvalue weighted by molar-refractivity contribution is 5.52. The Bertz CT molecular complexity index is 446. The van der Waals surface area contributed by atoms with Crippen molar-refractivity contribution >= 4 is 5.69 Å². The minimum absolute atomic E-state index is 0.734. The van der Waals surface area contributed by atoms with E-state index in [9.17, 15) is 0 Å². The van der Waals surface area contributed by atoms with E-state index in [4.69, 9.17) is 5.26 Å². The Hall–Kier alpha value is -1.49. The molecule has 2 atom stereocenters. The summed E-state index contributed by atoms with van der Waals surface area (Å²) in [5, 5.41) is 8.98. The fraction of sp³-hybridized carbons (Fsp3) is 0.533. The molecule has 3 rings (SSSR count). The van der Waals surface area contributed by atoms with Gasteiger partial charge in [0.2, 0.25) is 0 Å². The van der Waals surface area contributed by atoms with E-state index in [0.717, 1.165) is 24.1 Å². The number of anilines is 1. The molecule has 2 unspecified atom stereocenters. The Labute approximate surface area is 103 Å². The zero-order chi connectivity index (χ0) is 11.7. The number of rotatable bonds is 1. The van der Waals surface area contributed by atoms with Gasteiger partial charge in [0.25, 0.3) is 0 Å². The van der Waals surface area contributed by atoms with Crippen LogP contribution in [0.25, 0.3) is 0 Å². The van der Waals surface area contributed by atoms with Crippen molar-refractivity contribution in [1.82, 2.24) is 0 Å². The molecule has 0 aromatic heterocycles. The van der Waals surface area contributed by atoms with Gasteiger partial charge in [0, 0.05) is 18.3 Å². The number of nitriles is 1. The minimum atomic E-state index is 0.734. The van der Waals surface area contributed by atoms with Crippen molar-refractivity contribution in [3.8, 4) is 6.07 Å². The summed E-state index contributed by atoms with van der Waals surface area (Å²) < 4.78 is 0. The van der Waals surface area contributed by atoms with Gasteiger partial charge in [-0.15, -0.1) is 0 Å². The second-order valence-electron chi connectivity index (χ2n) is 5.26. The molecule has 1 saturated heterocycles. The Morgan fingerprint density at radius 2 is 2.06 bits per heavy atom. The molecule has 1 aromatic rings. The average Bonchev–Trinajstić information content (AvgIpc) is 2.87. The lowest BCUT2D eigenvalue weighted by atomic mass is 9.91. The second kappa shape index (κ2) is 4.41. The number of benzene rings is 1. The van der Waals surface area contributed by atoms with E-state index in [2.05, 4.69) is 17.0 Å². The van der Waals surface area contributed by atoms with Crippen LogP contribution in [0.3, 0.4) is 0 Å². The van der Waals surface area contributed by atoms with Gasteiger partial charge in [-0.25, -0.2) is 0 Å². The summed E-state index contributed by atoms with van der Waals surface area (Å²) in [5.41, 5.74) is 2.03. The molecular weight excluding hydrogens is 208 g/mol. The first-order valence-electron chi connectivity index (χ1n) is 6.65. The van der Waals surface area contributed by atoms with Crippen molar-refractivity contribution in [2.24, 2.45) is 5.92 Å². The van der Waals surface area contributed by atoms with E-state index in [-0.39, 0.29) is 0 Å². The van der Waals surface area contributed by atoms with Crippen molar-refractivity contribution in [2.45, 2.75) is 38.1 Å². The third kappa shape index (κ3) is 1.91. The number of piperidine rings is 1. The maximum Gasteiger partial charge on any atom is 0.0992 e. The molecule has 17 heavy (non-hydrogen) atoms. The molecule has 0 N–H and O–H groups in total. The Morgan fingerprint density at radius 3 is 2.94 bits per heavy atom. The van der Waals surface area contributed by atoms with Crippen LogP contribution >= 0.6 is 0 Å². The van der Waals surface area contributed by atoms with E-state index in [1.807, 2.05) is 18.2 Å². The highest BCUT2D eigenvalue weighted by Gasteiger charge is 2.34. The first-order valence-corrected chi connectivity index (χ1v) is 6.65. The van der Waals surface area contributed by atoms with Gasteiger partial charge >= 0.3 is 0 Å². The van der Waals surface area contributed by atoms with Crippen LogP contribution in [0.4, 0.5) is 5.69 Å². The molecule has 1 aliphatic carbocycles. The zero-order valence-electron chi connectivity index (χ0n) is 10.1. The largest absolute Gasteiger partial charge is 0.368 e. The molecule has 0 amide bonds. The quantitative estimate of drug-likeness (QED) is 0.734. The standard InChI is InChI=1S/C15H18N2/c16-11-12-4-1-7-14(10-12)17-9-3-6-13-5-2-8-15(13)17/h1,4,7,10,13,15H,2-3,5-6,8-9H2. The molecule has 2 nitrogen and oxygen atoms in total. The predicted octanol–water partition coefficient (Wildman–Crippen LogP) is 3.33. The van der Waals surface area contributed by atoms with E-state index in [0.29, 0.717) is 0 Å². The number of nitrogens with zero attached hydrogens (tertiary/aromatic N) is 2. The molecule has 2 aliphatic rings. The summed E-state index contributed by atoms with van der Waals surface area (Å²) in [7, 11) is 0. The first kappa shape index (κ1) is 10.7. The molecule has 0 spiro atoms. The van der Waals surface area contributed by atoms with Crippen LogP contribution < -0.4 is 4.90 Å². The maximum absolute atomic E-state index is 8.98. The van der Waals surface area contributed by atoms with E-state index in [1.54, 1.807) is 0 Å². The molecule has 2 heteroatoms. The van der Waals surface area contributed by atoms with Crippen LogP contribution in [-0.2, 0) is 0 Å². The molecule has 1 aromatic carbocycles. The van der Waals surface area contributed by atoms with Gasteiger partial charge in [-0.3, -0.25) is 0 Å². The van der Waals surface area contributed by atoms with E-state index in [1.165, 1.54) is 37.8 Å². The third-order valence-electron chi connectivity index (χ3n) is 4.30. The van der Waals surface area contributed by atoms with Gasteiger partial charge < -0.3 is 4.90 Å². The SMILES string of the molecule is N#Cc1cccc(N2CCCC3CCCC32)c1. The number of fused-ring (bicyclic) bond motifs is 1. The Balaban J connectivity index is 1.89. The topological polar surface area (TPSA) is 27.0 Å². The van der Waals surface area contributed by atoms with Crippen molar-refractivity contribution in [2.75, 3.05) is 11.4 Å². The summed E-state index contributed by atoms with van der Waals surface area (Å²) in [5.74, 6) is 0.898. The Morgan fingerprint density at radius 1 is 1.18 bits per heavy atom. The molecule has 1 aliphatic heterocycles. The van der Waals surface area contributed by atoms with Crippen molar-refractivity contribution in [3.05, 3.63) is 29.8 Å². The third-order valence-corrected chi connectivity index (χ3v) is 4.30. The van der Waals surface area contributed by atoms with Crippen LogP contribution in [0.2, 0.25) is 0 Å². The van der Waals surface area contributed by atoms with Gasteiger partial charge in [-0.05, 0) is 49.8 Å². The lowest BCUT2D eigenvalue weighted by molar-refractivity contribution is 0.362. The normalized spacial score (nSPS) is 27.6. The van der Waals surface area contributed by atoms with Gasteiger partial charge in [0.15, 0.2) is 0 Å². The number of hydrogen-bond acceptors (Lipinski definition) is 2. The smallest absolute Gasteiger partial charge is 0.0992 e. The van der Waals surface area contributed by atoms with Crippen LogP contribution in [0.15, 0.2) is 24.3 Å². The minimum Gasteiger partial charge on any atom is -0.368 e. The zero-order valence-corrected chi connectivity index (χ0v) is 10.1. The van der Waals surface area contributed by atoms with Gasteiger partial charge in [0.1, 0.15) is 0 Å². The van der Waals surface area contributed by atoms with E-state index >= 15 is 0 Å². The van der Waals surface area contributed by atoms with Crippen molar-refractivity contribution in [3.63, 3.8) is 0 Å². The number of hydrogen-bond donors (Lipinski definition) is 0. The lowest BCUT2D eigenvalue weighted by Gasteiger charge is -2.39. The molecule has 88 valence electrons. The maximum atomic E-state index is 8.98. The van der Waals surface area contributed by atoms with Crippen LogP contribution in [-0.4, -0.2) is 12.6 Å². The van der Waals surface area contributed by atoms with Gasteiger partial charge in [0.05, 0.1) is 11.6 Å². The van der Waals surface area contributed by atoms with Crippen molar-refractivity contribution < 1.29 is 0 Å². The molecule has 0 bridgehead atoms. The van der Waals surface area contributed by atoms with Crippen LogP contribution in [0.5, 0.6) is 0 Å². The first-order chi connectivity index (χ1) is 8.38. The highest BCUT2D eigenvalue weighted by atomic mass is 15.2. The fourth-order valence-corrected chi connectivity index (χ4v) is 3.53. The van der Waals surface area contributed by atoms with Crippen molar-refractivity contribution in [1.29, 1.82) is 5.26 Å². The monoisotopic (exact) mass is 226 g/mol. The van der Waals surface area contributed by atoms with Gasteiger partial charge in [-0.2, -0.15) is 5.26 Å². The highest BCUT2D eigenvalue weighted by Crippen LogP contribution is 2.39. The Kier molecular flexibility index (Phi) is 2.76. The summed E-state index contributed by atoms with van der Waals surface area (Å²) >= 11 is 0. The van der Waals surface area contributed by atoms with Crippen LogP contribution in [0, 0.1) is 17.2 Å². The van der Waals surface area contributed by atoms with Crippen LogP contribution in [0.1, 0.15) is 37.7 Å². The molecule has 0 radical (unpaired) electrons. The summed E-state index contributed by atoms with van der Waals surface area (Å²) in [6.07, 6.45) is 6.82. The predicted molar refractivity (Wildman–Crippen MR) is 68.9 cm³/mol. The summed E-state index contributed by atoms with van der Waals surface area (Å²) in [6.45, 7) is 1.16. The molecule has 1 saturated carbocycles. The molecule has 2 fully saturated rings. The summed E-state index contributed by atoms with van der Waals surface area (Å²) in [6, 6.07) is 11.1. The molecule has 1 heterocycles. The molecular formula is C15H18N2. The van der Waals surface area contributed by atoms with E-state index < -0.39 is 0 Å². The lowest BCUT2D eigenvalue weighted by Crippen LogP contribution is -2.42. The fourth-order valence-electron chi connectivity index (χ4n) is 3.53.